The summed E-state index contributed by atoms with van der Waals surface area (Å²) in [6.45, 7) is 10.1. The summed E-state index contributed by atoms with van der Waals surface area (Å²) in [6.07, 6.45) is 6.82. The highest BCUT2D eigenvalue weighted by molar-refractivity contribution is 5.54. The molecule has 2 rings (SSSR count). The van der Waals surface area contributed by atoms with Gasteiger partial charge in [-0.1, -0.05) is 51.8 Å². The third-order valence-electron chi connectivity index (χ3n) is 4.58. The average Bonchev–Trinajstić information content (AvgIpc) is 3.00. The molecular weight excluding hydrogens is 256 g/mol. The van der Waals surface area contributed by atoms with Crippen molar-refractivity contribution < 1.29 is 0 Å². The van der Waals surface area contributed by atoms with Crippen LogP contribution in [0.4, 0.5) is 5.69 Å². The molecule has 0 saturated heterocycles. The van der Waals surface area contributed by atoms with Crippen LogP contribution in [0, 0.1) is 5.92 Å². The van der Waals surface area contributed by atoms with E-state index in [0.717, 1.165) is 25.0 Å². The van der Waals surface area contributed by atoms with E-state index in [2.05, 4.69) is 55.3 Å². The fourth-order valence-electron chi connectivity index (χ4n) is 3.31. The number of hydrogen-bond donors (Lipinski definition) is 1. The molecule has 0 unspecified atom stereocenters. The van der Waals surface area contributed by atoms with E-state index in [9.17, 15) is 0 Å². The SMILES string of the molecule is CCNCc1ccccc1N(CCC(C)C)C1CCCC1. The number of anilines is 1. The van der Waals surface area contributed by atoms with E-state index in [1.165, 1.54) is 49.9 Å². The lowest BCUT2D eigenvalue weighted by atomic mass is 10.1. The van der Waals surface area contributed by atoms with Crippen LogP contribution in [0.2, 0.25) is 0 Å². The quantitative estimate of drug-likeness (QED) is 0.752. The van der Waals surface area contributed by atoms with Gasteiger partial charge in [0.25, 0.3) is 0 Å². The Bertz CT molecular complexity index is 408. The van der Waals surface area contributed by atoms with Crippen LogP contribution in [-0.4, -0.2) is 19.1 Å². The maximum atomic E-state index is 3.49. The van der Waals surface area contributed by atoms with Crippen molar-refractivity contribution in [1.82, 2.24) is 5.32 Å². The van der Waals surface area contributed by atoms with E-state index in [-0.39, 0.29) is 0 Å². The maximum absolute atomic E-state index is 3.49. The second-order valence-corrected chi connectivity index (χ2v) is 6.72. The first-order valence-corrected chi connectivity index (χ1v) is 8.77. The minimum atomic E-state index is 0.756. The van der Waals surface area contributed by atoms with Gasteiger partial charge in [0.15, 0.2) is 0 Å². The summed E-state index contributed by atoms with van der Waals surface area (Å²) in [7, 11) is 0. The Morgan fingerprint density at radius 2 is 1.90 bits per heavy atom. The largest absolute Gasteiger partial charge is 0.368 e. The van der Waals surface area contributed by atoms with Crippen molar-refractivity contribution >= 4 is 5.69 Å². The highest BCUT2D eigenvalue weighted by Gasteiger charge is 2.24. The van der Waals surface area contributed by atoms with E-state index in [1.54, 1.807) is 0 Å². The van der Waals surface area contributed by atoms with Crippen molar-refractivity contribution in [3.05, 3.63) is 29.8 Å². The van der Waals surface area contributed by atoms with Gasteiger partial charge in [-0.05, 0) is 43.4 Å². The van der Waals surface area contributed by atoms with Gasteiger partial charge in [0.2, 0.25) is 0 Å². The molecule has 2 heteroatoms. The molecule has 0 aliphatic heterocycles. The molecule has 0 spiro atoms. The van der Waals surface area contributed by atoms with Crippen LogP contribution in [0.15, 0.2) is 24.3 Å². The lowest BCUT2D eigenvalue weighted by Crippen LogP contribution is -2.35. The molecule has 2 nitrogen and oxygen atoms in total. The zero-order chi connectivity index (χ0) is 15.1. The number of nitrogens with zero attached hydrogens (tertiary/aromatic N) is 1. The van der Waals surface area contributed by atoms with Crippen LogP contribution in [0.5, 0.6) is 0 Å². The number of hydrogen-bond acceptors (Lipinski definition) is 2. The molecule has 1 saturated carbocycles. The standard InChI is InChI=1S/C19H32N2/c1-4-20-15-17-9-5-8-12-19(17)21(14-13-16(2)3)18-10-6-7-11-18/h5,8-9,12,16,18,20H,4,6-7,10-11,13-15H2,1-3H3. The molecule has 1 aliphatic carbocycles. The predicted octanol–water partition coefficient (Wildman–Crippen LogP) is 4.59. The molecule has 21 heavy (non-hydrogen) atoms. The molecule has 1 fully saturated rings. The topological polar surface area (TPSA) is 15.3 Å². The Balaban J connectivity index is 2.18. The number of para-hydroxylation sites is 1. The first-order chi connectivity index (χ1) is 10.2. The van der Waals surface area contributed by atoms with Gasteiger partial charge in [-0.2, -0.15) is 0 Å². The zero-order valence-corrected chi connectivity index (χ0v) is 14.1. The third kappa shape index (κ3) is 4.74. The highest BCUT2D eigenvalue weighted by Crippen LogP contribution is 2.31. The van der Waals surface area contributed by atoms with Crippen LogP contribution in [0.3, 0.4) is 0 Å². The Hall–Kier alpha value is -1.02. The second-order valence-electron chi connectivity index (χ2n) is 6.72. The van der Waals surface area contributed by atoms with Gasteiger partial charge >= 0.3 is 0 Å². The minimum absolute atomic E-state index is 0.756. The van der Waals surface area contributed by atoms with E-state index in [0.29, 0.717) is 0 Å². The summed E-state index contributed by atoms with van der Waals surface area (Å²) in [5, 5.41) is 3.49. The normalized spacial score (nSPS) is 15.8. The fourth-order valence-corrected chi connectivity index (χ4v) is 3.31. The zero-order valence-electron chi connectivity index (χ0n) is 14.1. The molecule has 0 atom stereocenters. The lowest BCUT2D eigenvalue weighted by Gasteiger charge is -2.33. The molecule has 0 amide bonds. The lowest BCUT2D eigenvalue weighted by molar-refractivity contribution is 0.526. The Morgan fingerprint density at radius 1 is 1.19 bits per heavy atom. The average molecular weight is 288 g/mol. The molecule has 1 aliphatic rings. The molecule has 1 aromatic carbocycles. The summed E-state index contributed by atoms with van der Waals surface area (Å²) >= 11 is 0. The van der Waals surface area contributed by atoms with Gasteiger partial charge in [0.05, 0.1) is 0 Å². The number of nitrogens with one attached hydrogen (secondary N) is 1. The van der Waals surface area contributed by atoms with Crippen molar-refractivity contribution in [2.45, 2.75) is 65.5 Å². The fraction of sp³-hybridized carbons (Fsp3) is 0.684. The Labute approximate surface area is 130 Å². The second kappa shape index (κ2) is 8.43. The van der Waals surface area contributed by atoms with E-state index < -0.39 is 0 Å². The summed E-state index contributed by atoms with van der Waals surface area (Å²) in [4.78, 5) is 2.71. The van der Waals surface area contributed by atoms with Gasteiger partial charge < -0.3 is 10.2 Å². The van der Waals surface area contributed by atoms with Gasteiger partial charge in [0, 0.05) is 24.8 Å². The van der Waals surface area contributed by atoms with Crippen molar-refractivity contribution in [3.63, 3.8) is 0 Å². The van der Waals surface area contributed by atoms with Gasteiger partial charge in [-0.15, -0.1) is 0 Å². The molecule has 0 heterocycles. The van der Waals surface area contributed by atoms with Crippen LogP contribution < -0.4 is 10.2 Å². The van der Waals surface area contributed by atoms with E-state index in [4.69, 9.17) is 0 Å². The minimum Gasteiger partial charge on any atom is -0.368 e. The van der Waals surface area contributed by atoms with Gasteiger partial charge in [-0.3, -0.25) is 0 Å². The van der Waals surface area contributed by atoms with Crippen LogP contribution in [0.25, 0.3) is 0 Å². The van der Waals surface area contributed by atoms with Crippen molar-refractivity contribution in [2.75, 3.05) is 18.0 Å². The molecule has 0 radical (unpaired) electrons. The molecular formula is C19H32N2. The van der Waals surface area contributed by atoms with Crippen LogP contribution in [-0.2, 0) is 6.54 Å². The Morgan fingerprint density at radius 3 is 2.57 bits per heavy atom. The van der Waals surface area contributed by atoms with Crippen LogP contribution in [0.1, 0.15) is 58.4 Å². The smallest absolute Gasteiger partial charge is 0.0414 e. The van der Waals surface area contributed by atoms with Gasteiger partial charge in [-0.25, -0.2) is 0 Å². The molecule has 0 aromatic heterocycles. The van der Waals surface area contributed by atoms with E-state index in [1.807, 2.05) is 0 Å². The third-order valence-corrected chi connectivity index (χ3v) is 4.58. The molecule has 1 N–H and O–H groups in total. The first kappa shape index (κ1) is 16.4. The molecule has 1 aromatic rings. The predicted molar refractivity (Wildman–Crippen MR) is 92.9 cm³/mol. The highest BCUT2D eigenvalue weighted by atomic mass is 15.2. The van der Waals surface area contributed by atoms with Crippen LogP contribution >= 0.6 is 0 Å². The van der Waals surface area contributed by atoms with Crippen molar-refractivity contribution in [1.29, 1.82) is 0 Å². The van der Waals surface area contributed by atoms with Crippen molar-refractivity contribution in [3.8, 4) is 0 Å². The first-order valence-electron chi connectivity index (χ1n) is 8.77. The molecule has 0 bridgehead atoms. The summed E-state index contributed by atoms with van der Waals surface area (Å²) in [5.74, 6) is 0.773. The summed E-state index contributed by atoms with van der Waals surface area (Å²) in [6, 6.07) is 9.74. The monoisotopic (exact) mass is 288 g/mol. The summed E-state index contributed by atoms with van der Waals surface area (Å²) in [5.41, 5.74) is 2.92. The molecule has 118 valence electrons. The Kier molecular flexibility index (Phi) is 6.56. The number of benzene rings is 1. The summed E-state index contributed by atoms with van der Waals surface area (Å²) < 4.78 is 0. The number of rotatable bonds is 8. The van der Waals surface area contributed by atoms with Crippen molar-refractivity contribution in [2.24, 2.45) is 5.92 Å². The van der Waals surface area contributed by atoms with E-state index >= 15 is 0 Å². The maximum Gasteiger partial charge on any atom is 0.0414 e. The van der Waals surface area contributed by atoms with Gasteiger partial charge in [0.1, 0.15) is 0 Å².